The number of nitrogens with zero attached hydrogens (tertiary/aromatic N) is 3. The molecule has 1 aliphatic heterocycles. The van der Waals surface area contributed by atoms with Gasteiger partial charge in [0.2, 0.25) is 5.60 Å². The van der Waals surface area contributed by atoms with E-state index in [0.29, 0.717) is 17.7 Å². The average Bonchev–Trinajstić information content (AvgIpc) is 3.12. The first kappa shape index (κ1) is 24.0. The van der Waals surface area contributed by atoms with Gasteiger partial charge in [0.15, 0.2) is 11.5 Å². The molecule has 1 unspecified atom stereocenters. The minimum atomic E-state index is -1.76. The molecular weight excluding hydrogens is 456 g/mol. The minimum absolute atomic E-state index is 0.000408. The quantitative estimate of drug-likeness (QED) is 0.458. The third-order valence-electron chi connectivity index (χ3n) is 5.46. The molecule has 35 heavy (non-hydrogen) atoms. The van der Waals surface area contributed by atoms with E-state index in [-0.39, 0.29) is 35.8 Å². The molecule has 4 rings (SSSR count). The van der Waals surface area contributed by atoms with E-state index in [1.807, 2.05) is 0 Å². The maximum absolute atomic E-state index is 14.5. The third kappa shape index (κ3) is 5.03. The van der Waals surface area contributed by atoms with E-state index in [2.05, 4.69) is 21.8 Å². The maximum Gasteiger partial charge on any atom is 0.357 e. The molecule has 0 spiro atoms. The number of hydrogen-bond acceptors (Lipinski definition) is 6. The molecule has 1 N–H and O–H groups in total. The number of carbonyl (C=O) groups excluding carboxylic acids is 2. The number of likely N-dealkylation sites (tertiary alicyclic amines) is 1. The van der Waals surface area contributed by atoms with Crippen LogP contribution in [0.1, 0.15) is 29.4 Å². The molecule has 7 nitrogen and oxygen atoms in total. The van der Waals surface area contributed by atoms with Gasteiger partial charge in [-0.15, -0.1) is 0 Å². The van der Waals surface area contributed by atoms with Crippen LogP contribution in [0, 0.1) is 23.5 Å². The van der Waals surface area contributed by atoms with Gasteiger partial charge in [-0.2, -0.15) is 0 Å². The first-order chi connectivity index (χ1) is 16.7. The van der Waals surface area contributed by atoms with Gasteiger partial charge in [0, 0.05) is 36.7 Å². The topological polar surface area (TPSA) is 92.6 Å². The Kier molecular flexibility index (Phi) is 6.58. The Bertz CT molecular complexity index is 1380. The van der Waals surface area contributed by atoms with Crippen molar-refractivity contribution in [1.29, 1.82) is 0 Å². The molecule has 1 saturated heterocycles. The predicted octanol–water partition coefficient (Wildman–Crippen LogP) is 3.21. The molecule has 0 bridgehead atoms. The molecule has 0 saturated carbocycles. The summed E-state index contributed by atoms with van der Waals surface area (Å²) in [4.78, 5) is 34.6. The van der Waals surface area contributed by atoms with Crippen LogP contribution >= 0.6 is 0 Å². The maximum atomic E-state index is 14.5. The summed E-state index contributed by atoms with van der Waals surface area (Å²) in [5.41, 5.74) is -1.12. The number of hydrogen-bond donors (Lipinski definition) is 1. The molecule has 1 aromatic heterocycles. The largest absolute Gasteiger partial charge is 0.461 e. The smallest absolute Gasteiger partial charge is 0.357 e. The zero-order chi connectivity index (χ0) is 25.2. The molecule has 1 fully saturated rings. The number of aliphatic hydroxyl groups is 1. The Morgan fingerprint density at radius 3 is 2.71 bits per heavy atom. The van der Waals surface area contributed by atoms with Crippen molar-refractivity contribution >= 4 is 11.9 Å². The van der Waals surface area contributed by atoms with Crippen molar-refractivity contribution in [2.24, 2.45) is 0 Å². The first-order valence-corrected chi connectivity index (χ1v) is 10.8. The second kappa shape index (κ2) is 9.60. The number of ether oxygens (including phenoxy) is 1. The lowest BCUT2D eigenvalue weighted by Crippen LogP contribution is -2.37. The zero-order valence-corrected chi connectivity index (χ0v) is 19.0. The number of halogens is 2. The number of likely N-dealkylation sites (N-methyl/N-ethyl adjacent to an activating group) is 1. The van der Waals surface area contributed by atoms with Gasteiger partial charge in [0.25, 0.3) is 5.91 Å². The summed E-state index contributed by atoms with van der Waals surface area (Å²) >= 11 is 0. The Labute approximate surface area is 200 Å². The van der Waals surface area contributed by atoms with Crippen LogP contribution in [0.5, 0.6) is 0 Å². The van der Waals surface area contributed by atoms with Crippen molar-refractivity contribution in [1.82, 2.24) is 14.9 Å². The van der Waals surface area contributed by atoms with Crippen LogP contribution in [0.2, 0.25) is 0 Å². The molecule has 3 aromatic rings. The van der Waals surface area contributed by atoms with Crippen molar-refractivity contribution in [3.8, 4) is 34.5 Å². The Morgan fingerprint density at radius 2 is 2.00 bits per heavy atom. The van der Waals surface area contributed by atoms with Gasteiger partial charge in [-0.05, 0) is 43.3 Å². The highest BCUT2D eigenvalue weighted by atomic mass is 19.1. The lowest BCUT2D eigenvalue weighted by molar-refractivity contribution is -0.137. The molecule has 1 aliphatic rings. The summed E-state index contributed by atoms with van der Waals surface area (Å²) in [5, 5.41) is 10.5. The van der Waals surface area contributed by atoms with Crippen LogP contribution in [-0.4, -0.2) is 57.7 Å². The van der Waals surface area contributed by atoms with Gasteiger partial charge in [0.1, 0.15) is 11.6 Å². The van der Waals surface area contributed by atoms with Crippen molar-refractivity contribution in [3.63, 3.8) is 0 Å². The van der Waals surface area contributed by atoms with Gasteiger partial charge >= 0.3 is 5.97 Å². The zero-order valence-electron chi connectivity index (χ0n) is 19.0. The molecule has 1 amide bonds. The number of esters is 1. The number of aromatic nitrogens is 2. The lowest BCUT2D eigenvalue weighted by atomic mass is 10.0. The van der Waals surface area contributed by atoms with E-state index in [1.165, 1.54) is 11.0 Å². The van der Waals surface area contributed by atoms with Crippen molar-refractivity contribution < 1.29 is 28.2 Å². The summed E-state index contributed by atoms with van der Waals surface area (Å²) in [6.07, 6.45) is 0.197. The number of rotatable bonds is 4. The van der Waals surface area contributed by atoms with Crippen LogP contribution < -0.4 is 0 Å². The van der Waals surface area contributed by atoms with Crippen LogP contribution in [0.15, 0.2) is 48.5 Å². The van der Waals surface area contributed by atoms with E-state index in [1.54, 1.807) is 38.2 Å². The predicted molar refractivity (Wildman–Crippen MR) is 123 cm³/mol. The second-order valence-corrected chi connectivity index (χ2v) is 7.97. The molecule has 2 aromatic carbocycles. The van der Waals surface area contributed by atoms with Gasteiger partial charge in [-0.1, -0.05) is 24.0 Å². The highest BCUT2D eigenvalue weighted by Gasteiger charge is 2.42. The standard InChI is InChI=1S/C26H21F2N3O4/c1-3-35-24(32)22-15-21(19-14-18(27)7-8-20(19)28)29-23(30-22)17-6-4-5-16(13-17)9-10-26(34)11-12-31(2)25(26)33/h4-8,13-15,34H,3,11-12H2,1-2H3. The molecule has 9 heteroatoms. The van der Waals surface area contributed by atoms with E-state index >= 15 is 0 Å². The Hall–Kier alpha value is -4.16. The Morgan fingerprint density at radius 1 is 1.20 bits per heavy atom. The highest BCUT2D eigenvalue weighted by molar-refractivity contribution is 5.91. The van der Waals surface area contributed by atoms with Crippen LogP contribution in [0.3, 0.4) is 0 Å². The van der Waals surface area contributed by atoms with Crippen LogP contribution in [0.4, 0.5) is 8.78 Å². The van der Waals surface area contributed by atoms with Crippen LogP contribution in [-0.2, 0) is 9.53 Å². The molecule has 178 valence electrons. The SMILES string of the molecule is CCOC(=O)c1cc(-c2cc(F)ccc2F)nc(-c2cccc(C#CC3(O)CCN(C)C3=O)c2)n1. The summed E-state index contributed by atoms with van der Waals surface area (Å²) in [5.74, 6) is 2.92. The lowest BCUT2D eigenvalue weighted by Gasteiger charge is -2.13. The van der Waals surface area contributed by atoms with Gasteiger partial charge in [-0.3, -0.25) is 4.79 Å². The van der Waals surface area contributed by atoms with E-state index in [4.69, 9.17) is 4.74 Å². The van der Waals surface area contributed by atoms with Gasteiger partial charge in [0.05, 0.1) is 12.3 Å². The first-order valence-electron chi connectivity index (χ1n) is 10.8. The molecule has 1 atom stereocenters. The number of amides is 1. The van der Waals surface area contributed by atoms with Crippen molar-refractivity contribution in [3.05, 3.63) is 71.4 Å². The van der Waals surface area contributed by atoms with Crippen molar-refractivity contribution in [2.75, 3.05) is 20.2 Å². The second-order valence-electron chi connectivity index (χ2n) is 7.97. The van der Waals surface area contributed by atoms with E-state index in [0.717, 1.165) is 18.2 Å². The average molecular weight is 477 g/mol. The number of carbonyl (C=O) groups is 2. The summed E-state index contributed by atoms with van der Waals surface area (Å²) < 4.78 is 33.3. The summed E-state index contributed by atoms with van der Waals surface area (Å²) in [6, 6.07) is 10.8. The molecule has 2 heterocycles. The highest BCUT2D eigenvalue weighted by Crippen LogP contribution is 2.27. The third-order valence-corrected chi connectivity index (χ3v) is 5.46. The fourth-order valence-corrected chi connectivity index (χ4v) is 3.60. The Balaban J connectivity index is 1.78. The fourth-order valence-electron chi connectivity index (χ4n) is 3.60. The minimum Gasteiger partial charge on any atom is -0.461 e. The number of benzene rings is 2. The fraction of sp³-hybridized carbons (Fsp3) is 0.231. The van der Waals surface area contributed by atoms with Crippen molar-refractivity contribution in [2.45, 2.75) is 18.9 Å². The van der Waals surface area contributed by atoms with E-state index < -0.39 is 29.1 Å². The molecule has 0 radical (unpaired) electrons. The normalized spacial score (nSPS) is 17.2. The summed E-state index contributed by atoms with van der Waals surface area (Å²) in [7, 11) is 1.59. The van der Waals surface area contributed by atoms with E-state index in [9.17, 15) is 23.5 Å². The molecular formula is C26H21F2N3O4. The van der Waals surface area contributed by atoms with Gasteiger partial charge in [-0.25, -0.2) is 23.5 Å². The van der Waals surface area contributed by atoms with Crippen LogP contribution in [0.25, 0.3) is 22.6 Å². The monoisotopic (exact) mass is 477 g/mol. The molecule has 0 aliphatic carbocycles. The summed E-state index contributed by atoms with van der Waals surface area (Å²) in [6.45, 7) is 2.14. The van der Waals surface area contributed by atoms with Gasteiger partial charge < -0.3 is 14.7 Å².